The Balaban J connectivity index is 2.08. The van der Waals surface area contributed by atoms with E-state index >= 15 is 0 Å². The van der Waals surface area contributed by atoms with E-state index in [1.54, 1.807) is 11.0 Å². The minimum Gasteiger partial charge on any atom is -0.375 e. The molecule has 1 aliphatic heterocycles. The molecule has 2 rings (SSSR count). The molecule has 7 nitrogen and oxygen atoms in total. The molecule has 1 aromatic rings. The van der Waals surface area contributed by atoms with Gasteiger partial charge < -0.3 is 9.64 Å². The first-order valence-corrected chi connectivity index (χ1v) is 8.54. The summed E-state index contributed by atoms with van der Waals surface area (Å²) in [6.45, 7) is 4.52. The summed E-state index contributed by atoms with van der Waals surface area (Å²) in [5.41, 5.74) is 0. The maximum absolute atomic E-state index is 12.4. The van der Waals surface area contributed by atoms with Gasteiger partial charge in [0.05, 0.1) is 25.3 Å². The number of sulfonamides is 1. The second-order valence-corrected chi connectivity index (χ2v) is 7.53. The van der Waals surface area contributed by atoms with Gasteiger partial charge in [0.1, 0.15) is 4.90 Å². The van der Waals surface area contributed by atoms with Crippen molar-refractivity contribution in [2.24, 2.45) is 0 Å². The van der Waals surface area contributed by atoms with Gasteiger partial charge >= 0.3 is 0 Å². The van der Waals surface area contributed by atoms with Crippen LogP contribution in [0.15, 0.2) is 29.4 Å². The van der Waals surface area contributed by atoms with Crippen LogP contribution in [0.25, 0.3) is 0 Å². The van der Waals surface area contributed by atoms with Gasteiger partial charge in [-0.2, -0.15) is 4.31 Å². The number of carbonyl (C=O) groups is 1. The number of amides is 1. The van der Waals surface area contributed by atoms with Gasteiger partial charge in [-0.15, -0.1) is 0 Å². The minimum atomic E-state index is -3.71. The zero-order chi connectivity index (χ0) is 16.3. The van der Waals surface area contributed by atoms with Crippen LogP contribution in [0.4, 0.5) is 0 Å². The van der Waals surface area contributed by atoms with E-state index in [2.05, 4.69) is 4.98 Å². The number of rotatable bonds is 4. The van der Waals surface area contributed by atoms with Crippen LogP contribution in [0.5, 0.6) is 0 Å². The number of likely N-dealkylation sites (N-methyl/N-ethyl adjacent to an activating group) is 1. The lowest BCUT2D eigenvalue weighted by Gasteiger charge is -2.37. The molecule has 0 aliphatic carbocycles. The highest BCUT2D eigenvalue weighted by atomic mass is 32.2. The molecular weight excluding hydrogens is 306 g/mol. The van der Waals surface area contributed by atoms with Gasteiger partial charge in [-0.1, -0.05) is 0 Å². The fourth-order valence-corrected chi connectivity index (χ4v) is 3.38. The summed E-state index contributed by atoms with van der Waals surface area (Å²) in [4.78, 5) is 17.9. The highest BCUT2D eigenvalue weighted by molar-refractivity contribution is 7.89. The summed E-state index contributed by atoms with van der Waals surface area (Å²) < 4.78 is 31.3. The van der Waals surface area contributed by atoms with Crippen LogP contribution < -0.4 is 0 Å². The van der Waals surface area contributed by atoms with Crippen LogP contribution in [0.3, 0.4) is 0 Å². The van der Waals surface area contributed by atoms with Crippen molar-refractivity contribution < 1.29 is 17.9 Å². The van der Waals surface area contributed by atoms with Crippen LogP contribution in [0, 0.1) is 0 Å². The summed E-state index contributed by atoms with van der Waals surface area (Å²) in [5.74, 6) is -0.224. The number of ether oxygens (including phenoxy) is 1. The first-order valence-electron chi connectivity index (χ1n) is 7.10. The number of morpholine rings is 1. The molecule has 2 unspecified atom stereocenters. The monoisotopic (exact) mass is 327 g/mol. The van der Waals surface area contributed by atoms with Crippen molar-refractivity contribution in [3.8, 4) is 0 Å². The first-order chi connectivity index (χ1) is 10.3. The maximum atomic E-state index is 12.4. The Morgan fingerprint density at radius 2 is 2.23 bits per heavy atom. The second-order valence-electron chi connectivity index (χ2n) is 5.49. The van der Waals surface area contributed by atoms with Gasteiger partial charge in [-0.25, -0.2) is 8.42 Å². The minimum absolute atomic E-state index is 0.0413. The Morgan fingerprint density at radius 1 is 1.50 bits per heavy atom. The highest BCUT2D eigenvalue weighted by Crippen LogP contribution is 2.15. The molecule has 0 radical (unpaired) electrons. The standard InChI is InChI=1S/C14H21N3O4S/c1-11-10-21-12(2)8-17(11)14(18)9-16(3)22(19,20)13-5-4-6-15-7-13/h4-7,11-12H,8-10H2,1-3H3. The molecule has 1 aromatic heterocycles. The smallest absolute Gasteiger partial charge is 0.244 e. The summed E-state index contributed by atoms with van der Waals surface area (Å²) in [5, 5.41) is 0. The van der Waals surface area contributed by atoms with E-state index in [0.717, 1.165) is 4.31 Å². The Hall–Kier alpha value is -1.51. The van der Waals surface area contributed by atoms with Crippen LogP contribution in [-0.2, 0) is 19.6 Å². The lowest BCUT2D eigenvalue weighted by atomic mass is 10.2. The zero-order valence-corrected chi connectivity index (χ0v) is 13.8. The molecule has 122 valence electrons. The lowest BCUT2D eigenvalue weighted by molar-refractivity contribution is -0.143. The topological polar surface area (TPSA) is 79.8 Å². The average molecular weight is 327 g/mol. The number of hydrogen-bond donors (Lipinski definition) is 0. The van der Waals surface area contributed by atoms with E-state index in [1.807, 2.05) is 13.8 Å². The third-order valence-electron chi connectivity index (χ3n) is 3.63. The largest absolute Gasteiger partial charge is 0.375 e. The van der Waals surface area contributed by atoms with E-state index < -0.39 is 10.0 Å². The summed E-state index contributed by atoms with van der Waals surface area (Å²) >= 11 is 0. The Morgan fingerprint density at radius 3 is 2.86 bits per heavy atom. The molecule has 22 heavy (non-hydrogen) atoms. The van der Waals surface area contributed by atoms with E-state index in [1.165, 1.54) is 25.5 Å². The number of hydrogen-bond acceptors (Lipinski definition) is 5. The quantitative estimate of drug-likeness (QED) is 0.796. The fourth-order valence-electron chi connectivity index (χ4n) is 2.30. The maximum Gasteiger partial charge on any atom is 0.244 e. The van der Waals surface area contributed by atoms with Crippen LogP contribution in [0.1, 0.15) is 13.8 Å². The van der Waals surface area contributed by atoms with Gasteiger partial charge in [-0.05, 0) is 26.0 Å². The SMILES string of the molecule is CC1CN(C(=O)CN(C)S(=O)(=O)c2cccnc2)C(C)CO1. The zero-order valence-electron chi connectivity index (χ0n) is 13.0. The van der Waals surface area contributed by atoms with Gasteiger partial charge in [0, 0.05) is 26.0 Å². The van der Waals surface area contributed by atoms with Gasteiger partial charge in [0.25, 0.3) is 0 Å². The second kappa shape index (κ2) is 6.72. The van der Waals surface area contributed by atoms with Gasteiger partial charge in [0.15, 0.2) is 0 Å². The molecule has 0 bridgehead atoms. The Bertz CT molecular complexity index is 620. The van der Waals surface area contributed by atoms with Crippen molar-refractivity contribution >= 4 is 15.9 Å². The van der Waals surface area contributed by atoms with Crippen molar-refractivity contribution in [2.45, 2.75) is 30.9 Å². The molecule has 1 amide bonds. The number of aromatic nitrogens is 1. The average Bonchev–Trinajstić information content (AvgIpc) is 2.50. The van der Waals surface area contributed by atoms with Gasteiger partial charge in [0.2, 0.25) is 15.9 Å². The van der Waals surface area contributed by atoms with Gasteiger partial charge in [-0.3, -0.25) is 9.78 Å². The highest BCUT2D eigenvalue weighted by Gasteiger charge is 2.30. The van der Waals surface area contributed by atoms with E-state index in [0.29, 0.717) is 13.2 Å². The van der Waals surface area contributed by atoms with Crippen molar-refractivity contribution in [1.82, 2.24) is 14.2 Å². The van der Waals surface area contributed by atoms with Crippen molar-refractivity contribution in [3.05, 3.63) is 24.5 Å². The normalized spacial score (nSPS) is 22.8. The Kier molecular flexibility index (Phi) is 5.15. The Labute approximate surface area is 130 Å². The first kappa shape index (κ1) is 16.9. The molecule has 2 atom stereocenters. The molecule has 0 saturated carbocycles. The van der Waals surface area contributed by atoms with Crippen LogP contribution in [0.2, 0.25) is 0 Å². The molecule has 1 saturated heterocycles. The van der Waals surface area contributed by atoms with E-state index in [4.69, 9.17) is 4.74 Å². The van der Waals surface area contributed by atoms with E-state index in [-0.39, 0.29) is 29.5 Å². The summed E-state index contributed by atoms with van der Waals surface area (Å²) in [6.07, 6.45) is 2.73. The third kappa shape index (κ3) is 3.63. The number of carbonyl (C=O) groups excluding carboxylic acids is 1. The van der Waals surface area contributed by atoms with Crippen LogP contribution >= 0.6 is 0 Å². The predicted molar refractivity (Wildman–Crippen MR) is 80.6 cm³/mol. The molecule has 2 heterocycles. The van der Waals surface area contributed by atoms with Crippen molar-refractivity contribution in [2.75, 3.05) is 26.7 Å². The predicted octanol–water partition coefficient (Wildman–Crippen LogP) is 0.338. The molecule has 1 fully saturated rings. The number of nitrogens with zero attached hydrogens (tertiary/aromatic N) is 3. The molecule has 1 aliphatic rings. The fraction of sp³-hybridized carbons (Fsp3) is 0.571. The van der Waals surface area contributed by atoms with E-state index in [9.17, 15) is 13.2 Å². The lowest BCUT2D eigenvalue weighted by Crippen LogP contribution is -2.53. The third-order valence-corrected chi connectivity index (χ3v) is 5.42. The summed E-state index contributed by atoms with van der Waals surface area (Å²) in [6, 6.07) is 2.95. The summed E-state index contributed by atoms with van der Waals surface area (Å²) in [7, 11) is -2.31. The molecule has 0 aromatic carbocycles. The molecule has 8 heteroatoms. The molecular formula is C14H21N3O4S. The molecule has 0 spiro atoms. The van der Waals surface area contributed by atoms with Crippen molar-refractivity contribution in [1.29, 1.82) is 0 Å². The number of pyridine rings is 1. The van der Waals surface area contributed by atoms with Crippen molar-refractivity contribution in [3.63, 3.8) is 0 Å². The molecule has 0 N–H and O–H groups in total. The van der Waals surface area contributed by atoms with Crippen LogP contribution in [-0.4, -0.2) is 67.4 Å².